The molecule has 7 nitrogen and oxygen atoms in total. The van der Waals surface area contributed by atoms with Gasteiger partial charge in [0.15, 0.2) is 0 Å². The largest absolute Gasteiger partial charge is 0.480 e. The van der Waals surface area contributed by atoms with Crippen LogP contribution < -0.4 is 9.64 Å². The minimum absolute atomic E-state index is 0.0194. The first-order chi connectivity index (χ1) is 13.9. The Labute approximate surface area is 170 Å². The second-order valence-corrected chi connectivity index (χ2v) is 8.37. The van der Waals surface area contributed by atoms with E-state index >= 15 is 0 Å². The summed E-state index contributed by atoms with van der Waals surface area (Å²) in [5.41, 5.74) is 3.71. The Balaban J connectivity index is 1.47. The molecule has 0 N–H and O–H groups in total. The molecule has 3 aromatic rings. The highest BCUT2D eigenvalue weighted by Gasteiger charge is 2.25. The molecule has 29 heavy (non-hydrogen) atoms. The van der Waals surface area contributed by atoms with Crippen LogP contribution in [0.3, 0.4) is 0 Å². The Morgan fingerprint density at radius 3 is 2.52 bits per heavy atom. The third-order valence-corrected chi connectivity index (χ3v) is 5.33. The SMILES string of the molecule is COc1ncccc1C(=O)N1CCN(c2ccc3nc(C(C)(C)C)cn3c2)CC1. The molecule has 7 heteroatoms. The average molecular weight is 393 g/mol. The van der Waals surface area contributed by atoms with Crippen LogP contribution in [0.25, 0.3) is 5.65 Å². The van der Waals surface area contributed by atoms with Gasteiger partial charge in [0.25, 0.3) is 5.91 Å². The lowest BCUT2D eigenvalue weighted by molar-refractivity contribution is 0.0742. The number of amides is 1. The summed E-state index contributed by atoms with van der Waals surface area (Å²) < 4.78 is 7.33. The molecular weight excluding hydrogens is 366 g/mol. The fourth-order valence-corrected chi connectivity index (χ4v) is 3.58. The Morgan fingerprint density at radius 2 is 1.83 bits per heavy atom. The molecule has 0 aliphatic carbocycles. The van der Waals surface area contributed by atoms with E-state index in [1.807, 2.05) is 4.90 Å². The molecule has 1 aliphatic heterocycles. The maximum Gasteiger partial charge on any atom is 0.259 e. The van der Waals surface area contributed by atoms with Crippen LogP contribution in [0.1, 0.15) is 36.8 Å². The third kappa shape index (κ3) is 3.77. The Hall–Kier alpha value is -3.09. The number of piperazine rings is 1. The summed E-state index contributed by atoms with van der Waals surface area (Å²) in [5, 5.41) is 0. The summed E-state index contributed by atoms with van der Waals surface area (Å²) in [6.45, 7) is 9.38. The highest BCUT2D eigenvalue weighted by molar-refractivity contribution is 5.96. The van der Waals surface area contributed by atoms with Gasteiger partial charge in [0.05, 0.1) is 18.5 Å². The third-order valence-electron chi connectivity index (χ3n) is 5.33. The van der Waals surface area contributed by atoms with E-state index in [1.54, 1.807) is 18.3 Å². The van der Waals surface area contributed by atoms with Crippen LogP contribution in [-0.4, -0.2) is 58.5 Å². The van der Waals surface area contributed by atoms with Gasteiger partial charge in [0, 0.05) is 50.2 Å². The Bertz CT molecular complexity index is 1030. The number of fused-ring (bicyclic) bond motifs is 1. The standard InChI is InChI=1S/C22H27N5O2/c1-22(2,3)18-15-27-14-16(7-8-19(27)24-18)25-10-12-26(13-11-25)21(28)17-6-5-9-23-20(17)29-4/h5-9,14-15H,10-13H2,1-4H3. The van der Waals surface area contributed by atoms with Crippen LogP contribution in [0.4, 0.5) is 5.69 Å². The molecule has 3 aromatic heterocycles. The number of nitrogens with zero attached hydrogens (tertiary/aromatic N) is 5. The maximum absolute atomic E-state index is 12.9. The summed E-state index contributed by atoms with van der Waals surface area (Å²) in [4.78, 5) is 25.9. The van der Waals surface area contributed by atoms with Crippen molar-refractivity contribution in [1.29, 1.82) is 0 Å². The molecule has 0 saturated carbocycles. The molecule has 0 bridgehead atoms. The van der Waals surface area contributed by atoms with Gasteiger partial charge in [0.1, 0.15) is 11.2 Å². The van der Waals surface area contributed by atoms with Gasteiger partial charge in [-0.2, -0.15) is 0 Å². The smallest absolute Gasteiger partial charge is 0.259 e. The van der Waals surface area contributed by atoms with Crippen molar-refractivity contribution in [3.05, 3.63) is 54.1 Å². The number of carbonyl (C=O) groups is 1. The number of hydrogen-bond donors (Lipinski definition) is 0. The van der Waals surface area contributed by atoms with Crippen molar-refractivity contribution in [2.45, 2.75) is 26.2 Å². The summed E-state index contributed by atoms with van der Waals surface area (Å²) in [7, 11) is 1.54. The van der Waals surface area contributed by atoms with Crippen molar-refractivity contribution < 1.29 is 9.53 Å². The zero-order valence-corrected chi connectivity index (χ0v) is 17.4. The second-order valence-electron chi connectivity index (χ2n) is 8.37. The van der Waals surface area contributed by atoms with Gasteiger partial charge in [0.2, 0.25) is 5.88 Å². The van der Waals surface area contributed by atoms with Gasteiger partial charge >= 0.3 is 0 Å². The fraction of sp³-hybridized carbons (Fsp3) is 0.409. The molecular formula is C22H27N5O2. The first kappa shape index (κ1) is 19.2. The number of pyridine rings is 2. The van der Waals surface area contributed by atoms with Gasteiger partial charge in [-0.1, -0.05) is 20.8 Å². The van der Waals surface area contributed by atoms with Crippen LogP contribution in [0.5, 0.6) is 5.88 Å². The molecule has 0 radical (unpaired) electrons. The number of carbonyl (C=O) groups excluding carboxylic acids is 1. The molecule has 0 atom stereocenters. The van der Waals surface area contributed by atoms with E-state index in [9.17, 15) is 4.79 Å². The molecule has 1 amide bonds. The van der Waals surface area contributed by atoms with E-state index in [1.165, 1.54) is 7.11 Å². The number of aromatic nitrogens is 3. The van der Waals surface area contributed by atoms with Crippen LogP contribution in [0.2, 0.25) is 0 Å². The summed E-state index contributed by atoms with van der Waals surface area (Å²) in [6, 6.07) is 7.69. The lowest BCUT2D eigenvalue weighted by Crippen LogP contribution is -2.49. The highest BCUT2D eigenvalue weighted by atomic mass is 16.5. The van der Waals surface area contributed by atoms with Crippen molar-refractivity contribution in [3.63, 3.8) is 0 Å². The molecule has 1 fully saturated rings. The van der Waals surface area contributed by atoms with Crippen molar-refractivity contribution in [2.75, 3.05) is 38.2 Å². The number of imidazole rings is 1. The van der Waals surface area contributed by atoms with Crippen LogP contribution in [-0.2, 0) is 5.41 Å². The van der Waals surface area contributed by atoms with Gasteiger partial charge in [-0.3, -0.25) is 4.79 Å². The predicted octanol–water partition coefficient (Wildman–Crippen LogP) is 3.00. The molecule has 4 heterocycles. The normalized spacial score (nSPS) is 15.0. The van der Waals surface area contributed by atoms with Crippen molar-refractivity contribution in [2.24, 2.45) is 0 Å². The molecule has 4 rings (SSSR count). The van der Waals surface area contributed by atoms with Crippen LogP contribution in [0.15, 0.2) is 42.9 Å². The maximum atomic E-state index is 12.9. The number of anilines is 1. The quantitative estimate of drug-likeness (QED) is 0.685. The number of hydrogen-bond acceptors (Lipinski definition) is 5. The van der Waals surface area contributed by atoms with Crippen LogP contribution in [0, 0.1) is 0 Å². The lowest BCUT2D eigenvalue weighted by atomic mass is 9.93. The summed E-state index contributed by atoms with van der Waals surface area (Å²) >= 11 is 0. The zero-order valence-electron chi connectivity index (χ0n) is 17.4. The van der Waals surface area contributed by atoms with Crippen molar-refractivity contribution >= 4 is 17.2 Å². The predicted molar refractivity (Wildman–Crippen MR) is 113 cm³/mol. The Morgan fingerprint density at radius 1 is 1.07 bits per heavy atom. The molecule has 152 valence electrons. The van der Waals surface area contributed by atoms with Crippen molar-refractivity contribution in [3.8, 4) is 5.88 Å². The van der Waals surface area contributed by atoms with E-state index in [0.29, 0.717) is 24.5 Å². The minimum atomic E-state index is -0.0329. The van der Waals surface area contributed by atoms with Gasteiger partial charge in [-0.15, -0.1) is 0 Å². The first-order valence-electron chi connectivity index (χ1n) is 9.89. The van der Waals surface area contributed by atoms with E-state index < -0.39 is 0 Å². The fourth-order valence-electron chi connectivity index (χ4n) is 3.58. The van der Waals surface area contributed by atoms with Crippen molar-refractivity contribution in [1.82, 2.24) is 19.3 Å². The average Bonchev–Trinajstić information content (AvgIpc) is 3.17. The van der Waals surface area contributed by atoms with Gasteiger partial charge in [-0.05, 0) is 24.3 Å². The van der Waals surface area contributed by atoms with Gasteiger partial charge in [-0.25, -0.2) is 9.97 Å². The van der Waals surface area contributed by atoms with E-state index in [0.717, 1.165) is 30.1 Å². The first-order valence-corrected chi connectivity index (χ1v) is 9.89. The minimum Gasteiger partial charge on any atom is -0.480 e. The number of methoxy groups -OCH3 is 1. The monoisotopic (exact) mass is 393 g/mol. The molecule has 0 aromatic carbocycles. The molecule has 1 saturated heterocycles. The lowest BCUT2D eigenvalue weighted by Gasteiger charge is -2.36. The van der Waals surface area contributed by atoms with Crippen LogP contribution >= 0.6 is 0 Å². The Kier molecular flexibility index (Phi) is 4.90. The summed E-state index contributed by atoms with van der Waals surface area (Å²) in [6.07, 6.45) is 5.86. The zero-order chi connectivity index (χ0) is 20.6. The summed E-state index contributed by atoms with van der Waals surface area (Å²) in [5.74, 6) is 0.342. The topological polar surface area (TPSA) is 63.0 Å². The van der Waals surface area contributed by atoms with E-state index in [2.05, 4.69) is 59.6 Å². The number of ether oxygens (including phenoxy) is 1. The molecule has 1 aliphatic rings. The number of rotatable bonds is 3. The molecule has 0 unspecified atom stereocenters. The van der Waals surface area contributed by atoms with Gasteiger partial charge < -0.3 is 18.9 Å². The van der Waals surface area contributed by atoms with E-state index in [4.69, 9.17) is 9.72 Å². The molecule has 0 spiro atoms. The second kappa shape index (κ2) is 7.39. The van der Waals surface area contributed by atoms with E-state index in [-0.39, 0.29) is 11.3 Å². The highest BCUT2D eigenvalue weighted by Crippen LogP contribution is 2.24.